The van der Waals surface area contributed by atoms with Crippen molar-refractivity contribution in [2.24, 2.45) is 5.92 Å². The fourth-order valence-corrected chi connectivity index (χ4v) is 3.83. The van der Waals surface area contributed by atoms with E-state index in [0.717, 1.165) is 22.7 Å². The summed E-state index contributed by atoms with van der Waals surface area (Å²) in [6.45, 7) is 5.69. The lowest BCUT2D eigenvalue weighted by Gasteiger charge is -2.22. The lowest BCUT2D eigenvalue weighted by molar-refractivity contribution is -0.384. The second-order valence-corrected chi connectivity index (χ2v) is 7.74. The monoisotopic (exact) mass is 420 g/mol. The molecule has 0 saturated carbocycles. The molecule has 2 rings (SSSR count). The molecule has 0 aliphatic heterocycles. The van der Waals surface area contributed by atoms with Crippen molar-refractivity contribution in [3.8, 4) is 0 Å². The number of rotatable bonds is 9. The van der Waals surface area contributed by atoms with Crippen LogP contribution >= 0.6 is 11.3 Å². The van der Waals surface area contributed by atoms with Gasteiger partial charge < -0.3 is 15.7 Å². The molecular formula is C19H24N4O5S. The minimum absolute atomic E-state index is 0.0181. The first kappa shape index (κ1) is 22.3. The maximum atomic E-state index is 12.5. The third kappa shape index (κ3) is 5.98. The Morgan fingerprint density at radius 1 is 1.28 bits per heavy atom. The van der Waals surface area contributed by atoms with E-state index in [1.54, 1.807) is 26.0 Å². The Balaban J connectivity index is 2.24. The van der Waals surface area contributed by atoms with Crippen LogP contribution in [0, 0.1) is 16.0 Å². The van der Waals surface area contributed by atoms with Gasteiger partial charge in [0, 0.05) is 24.1 Å². The zero-order valence-electron chi connectivity index (χ0n) is 16.4. The van der Waals surface area contributed by atoms with Gasteiger partial charge in [0.05, 0.1) is 16.5 Å². The van der Waals surface area contributed by atoms with Gasteiger partial charge in [0.1, 0.15) is 11.0 Å². The Kier molecular flexibility index (Phi) is 7.66. The number of nitrogens with zero attached hydrogens (tertiary/aromatic N) is 2. The average molecular weight is 420 g/mol. The number of hydrogen-bond acceptors (Lipinski definition) is 6. The van der Waals surface area contributed by atoms with Crippen LogP contribution in [0.4, 0.5) is 10.5 Å². The summed E-state index contributed by atoms with van der Waals surface area (Å²) in [7, 11) is 0. The molecule has 156 valence electrons. The summed E-state index contributed by atoms with van der Waals surface area (Å²) in [5, 5.41) is 27.6. The van der Waals surface area contributed by atoms with Crippen molar-refractivity contribution < 1.29 is 19.6 Å². The van der Waals surface area contributed by atoms with E-state index in [4.69, 9.17) is 5.11 Å². The number of non-ortho nitro benzene ring substituents is 1. The van der Waals surface area contributed by atoms with Crippen molar-refractivity contribution in [2.45, 2.75) is 39.2 Å². The normalized spacial score (nSPS) is 13.0. The topological polar surface area (TPSA) is 134 Å². The van der Waals surface area contributed by atoms with Gasteiger partial charge in [-0.3, -0.25) is 14.9 Å². The number of carboxylic acid groups (broad SMARTS) is 1. The standard InChI is InChI=1S/C19H24N4O5S/c1-4-13-10-29-18(21-13)15(12-5-7-14(8-6-12)23(27)28)9-20-17(24)16(11(2)3)22-19(25)26/h5-8,10-11,15-16,22H,4,9H2,1-3H3,(H,20,24)(H,25,26)/t15-,16-/m0/s1. The molecule has 10 heteroatoms. The molecule has 0 bridgehead atoms. The van der Waals surface area contributed by atoms with E-state index in [1.165, 1.54) is 23.5 Å². The van der Waals surface area contributed by atoms with E-state index in [0.29, 0.717) is 0 Å². The highest BCUT2D eigenvalue weighted by atomic mass is 32.1. The molecule has 1 aromatic heterocycles. The molecule has 0 aliphatic rings. The molecule has 0 aliphatic carbocycles. The highest BCUT2D eigenvalue weighted by Crippen LogP contribution is 2.28. The molecule has 1 heterocycles. The van der Waals surface area contributed by atoms with Gasteiger partial charge in [-0.15, -0.1) is 11.3 Å². The smallest absolute Gasteiger partial charge is 0.405 e. The van der Waals surface area contributed by atoms with Gasteiger partial charge >= 0.3 is 6.09 Å². The highest BCUT2D eigenvalue weighted by Gasteiger charge is 2.26. The van der Waals surface area contributed by atoms with Gasteiger partial charge in [0.2, 0.25) is 5.91 Å². The van der Waals surface area contributed by atoms with Crippen LogP contribution in [0.5, 0.6) is 0 Å². The summed E-state index contributed by atoms with van der Waals surface area (Å²) in [5.74, 6) is -0.959. The second-order valence-electron chi connectivity index (χ2n) is 6.85. The Hall–Kier alpha value is -3.01. The number of aryl methyl sites for hydroxylation is 1. The van der Waals surface area contributed by atoms with Crippen molar-refractivity contribution in [1.82, 2.24) is 15.6 Å². The molecule has 2 aromatic rings. The zero-order chi connectivity index (χ0) is 21.6. The first-order valence-electron chi connectivity index (χ1n) is 9.18. The van der Waals surface area contributed by atoms with Crippen LogP contribution in [0.15, 0.2) is 29.6 Å². The van der Waals surface area contributed by atoms with Crippen LogP contribution < -0.4 is 10.6 Å². The lowest BCUT2D eigenvalue weighted by atomic mass is 9.98. The molecule has 29 heavy (non-hydrogen) atoms. The number of aromatic nitrogens is 1. The predicted molar refractivity (Wildman–Crippen MR) is 109 cm³/mol. The van der Waals surface area contributed by atoms with Crippen LogP contribution in [0.3, 0.4) is 0 Å². The highest BCUT2D eigenvalue weighted by molar-refractivity contribution is 7.09. The Morgan fingerprint density at radius 2 is 1.93 bits per heavy atom. The average Bonchev–Trinajstić information content (AvgIpc) is 3.15. The molecule has 9 nitrogen and oxygen atoms in total. The van der Waals surface area contributed by atoms with Crippen molar-refractivity contribution in [1.29, 1.82) is 0 Å². The third-order valence-electron chi connectivity index (χ3n) is 4.44. The number of amides is 2. The minimum atomic E-state index is -1.27. The van der Waals surface area contributed by atoms with Gasteiger partial charge in [-0.05, 0) is 17.9 Å². The fraction of sp³-hybridized carbons (Fsp3) is 0.421. The van der Waals surface area contributed by atoms with Crippen LogP contribution in [0.1, 0.15) is 43.0 Å². The maximum absolute atomic E-state index is 12.5. The number of nitrogens with one attached hydrogen (secondary N) is 2. The van der Waals surface area contributed by atoms with Crippen LogP contribution in [0.25, 0.3) is 0 Å². The summed E-state index contributed by atoms with van der Waals surface area (Å²) < 4.78 is 0. The Bertz CT molecular complexity index is 866. The van der Waals surface area contributed by atoms with E-state index in [2.05, 4.69) is 15.6 Å². The summed E-state index contributed by atoms with van der Waals surface area (Å²) in [6.07, 6.45) is -0.494. The summed E-state index contributed by atoms with van der Waals surface area (Å²) in [5.41, 5.74) is 1.69. The van der Waals surface area contributed by atoms with E-state index in [1.807, 2.05) is 12.3 Å². The van der Waals surface area contributed by atoms with Gasteiger partial charge in [-0.25, -0.2) is 9.78 Å². The van der Waals surface area contributed by atoms with Crippen LogP contribution in [-0.4, -0.2) is 39.6 Å². The summed E-state index contributed by atoms with van der Waals surface area (Å²) in [6, 6.07) is 5.25. The molecule has 0 saturated heterocycles. The molecule has 0 fully saturated rings. The van der Waals surface area contributed by atoms with Gasteiger partial charge in [-0.1, -0.05) is 32.9 Å². The number of nitro groups is 1. The minimum Gasteiger partial charge on any atom is -0.465 e. The van der Waals surface area contributed by atoms with Crippen LogP contribution in [0.2, 0.25) is 0 Å². The molecule has 1 aromatic carbocycles. The van der Waals surface area contributed by atoms with Crippen molar-refractivity contribution in [3.05, 3.63) is 56.0 Å². The fourth-order valence-electron chi connectivity index (χ4n) is 2.80. The van der Waals surface area contributed by atoms with Crippen molar-refractivity contribution >= 4 is 29.0 Å². The van der Waals surface area contributed by atoms with Crippen molar-refractivity contribution in [3.63, 3.8) is 0 Å². The molecule has 0 radical (unpaired) electrons. The van der Waals surface area contributed by atoms with Gasteiger partial charge in [0.15, 0.2) is 0 Å². The zero-order valence-corrected chi connectivity index (χ0v) is 17.2. The molecular weight excluding hydrogens is 396 g/mol. The molecule has 0 spiro atoms. The van der Waals surface area contributed by atoms with E-state index in [9.17, 15) is 19.7 Å². The number of thiazole rings is 1. The number of nitro benzene ring substituents is 1. The third-order valence-corrected chi connectivity index (χ3v) is 5.45. The maximum Gasteiger partial charge on any atom is 0.405 e. The Morgan fingerprint density at radius 3 is 2.41 bits per heavy atom. The van der Waals surface area contributed by atoms with E-state index >= 15 is 0 Å². The number of carbonyl (C=O) groups is 2. The Labute approximate surface area is 172 Å². The SMILES string of the molecule is CCc1csc([C@@H](CNC(=O)[C@@H](NC(=O)O)C(C)C)c2ccc([N+](=O)[O-])cc2)n1. The molecule has 0 unspecified atom stereocenters. The number of hydrogen-bond donors (Lipinski definition) is 3. The molecule has 3 N–H and O–H groups in total. The summed E-state index contributed by atoms with van der Waals surface area (Å²) >= 11 is 1.46. The number of benzene rings is 1. The lowest BCUT2D eigenvalue weighted by Crippen LogP contribution is -2.50. The first-order valence-corrected chi connectivity index (χ1v) is 10.1. The van der Waals surface area contributed by atoms with Crippen molar-refractivity contribution in [2.75, 3.05) is 6.54 Å². The largest absolute Gasteiger partial charge is 0.465 e. The van der Waals surface area contributed by atoms with Gasteiger partial charge in [-0.2, -0.15) is 0 Å². The van der Waals surface area contributed by atoms with E-state index in [-0.39, 0.29) is 24.1 Å². The predicted octanol–water partition coefficient (Wildman–Crippen LogP) is 3.15. The molecule has 2 amide bonds. The van der Waals surface area contributed by atoms with E-state index < -0.39 is 23.0 Å². The van der Waals surface area contributed by atoms with Crippen LogP contribution in [-0.2, 0) is 11.2 Å². The number of carbonyl (C=O) groups excluding carboxylic acids is 1. The first-order chi connectivity index (χ1) is 13.7. The second kappa shape index (κ2) is 9.97. The molecule has 2 atom stereocenters. The quantitative estimate of drug-likeness (QED) is 0.421. The van der Waals surface area contributed by atoms with Gasteiger partial charge in [0.25, 0.3) is 5.69 Å². The summed E-state index contributed by atoms with van der Waals surface area (Å²) in [4.78, 5) is 38.6.